The number of aryl methyl sites for hydroxylation is 2. The molecule has 0 spiro atoms. The number of thiophene rings is 1. The van der Waals surface area contributed by atoms with Gasteiger partial charge in [-0.25, -0.2) is 9.78 Å². The van der Waals surface area contributed by atoms with Crippen molar-refractivity contribution < 1.29 is 27.8 Å². The highest BCUT2D eigenvalue weighted by Crippen LogP contribution is 2.29. The number of alkyl halides is 2. The Kier molecular flexibility index (Phi) is 6.32. The number of carbonyl (C=O) groups excluding carboxylic acids is 2. The minimum Gasteiger partial charge on any atom is -0.451 e. The zero-order chi connectivity index (χ0) is 22.0. The number of nitrogens with zero attached hydrogens (tertiary/aromatic N) is 2. The Balaban J connectivity index is 1.65. The first kappa shape index (κ1) is 21.7. The molecule has 12 heteroatoms. The van der Waals surface area contributed by atoms with E-state index in [1.54, 1.807) is 14.0 Å². The maximum atomic E-state index is 12.4. The molecule has 0 saturated carbocycles. The molecule has 0 aliphatic heterocycles. The van der Waals surface area contributed by atoms with E-state index in [0.29, 0.717) is 15.8 Å². The molecule has 3 rings (SSSR count). The standard InChI is InChI=1S/C18H14ClF2N3O5S/c1-8-13-15(22-7-24(2)16(13)26)30-14(8)17(27)28-6-12(25)23-9-3-4-11(10(19)5-9)29-18(20)21/h3-5,7,18H,6H2,1-2H3,(H,23,25). The Labute approximate surface area is 177 Å². The van der Waals surface area contributed by atoms with Crippen LogP contribution < -0.4 is 15.6 Å². The van der Waals surface area contributed by atoms with Crippen molar-refractivity contribution in [2.24, 2.45) is 7.05 Å². The fourth-order valence-corrected chi connectivity index (χ4v) is 3.83. The summed E-state index contributed by atoms with van der Waals surface area (Å²) in [5.74, 6) is -1.68. The Bertz CT molecular complexity index is 1190. The Hall–Kier alpha value is -3.05. The third-order valence-corrected chi connectivity index (χ3v) is 5.44. The van der Waals surface area contributed by atoms with Gasteiger partial charge in [0.25, 0.3) is 11.5 Å². The summed E-state index contributed by atoms with van der Waals surface area (Å²) in [4.78, 5) is 41.3. The zero-order valence-electron chi connectivity index (χ0n) is 15.6. The minimum atomic E-state index is -3.03. The topological polar surface area (TPSA) is 99.5 Å². The molecule has 2 aromatic heterocycles. The third-order valence-electron chi connectivity index (χ3n) is 3.96. The highest BCUT2D eigenvalue weighted by atomic mass is 35.5. The van der Waals surface area contributed by atoms with Gasteiger partial charge in [-0.2, -0.15) is 8.78 Å². The first-order valence-corrected chi connectivity index (χ1v) is 9.53. The number of aromatic nitrogens is 2. The first-order valence-electron chi connectivity index (χ1n) is 8.33. The van der Waals surface area contributed by atoms with Crippen molar-refractivity contribution in [2.45, 2.75) is 13.5 Å². The molecule has 30 heavy (non-hydrogen) atoms. The van der Waals surface area contributed by atoms with Crippen LogP contribution in [0, 0.1) is 6.92 Å². The lowest BCUT2D eigenvalue weighted by molar-refractivity contribution is -0.119. The first-order chi connectivity index (χ1) is 14.2. The van der Waals surface area contributed by atoms with Crippen LogP contribution in [0.5, 0.6) is 5.75 Å². The molecule has 0 bridgehead atoms. The number of ether oxygens (including phenoxy) is 2. The summed E-state index contributed by atoms with van der Waals surface area (Å²) < 4.78 is 35.0. The van der Waals surface area contributed by atoms with Crippen LogP contribution in [0.2, 0.25) is 5.02 Å². The summed E-state index contributed by atoms with van der Waals surface area (Å²) in [7, 11) is 1.55. The molecule has 3 aromatic rings. The number of halogens is 3. The second-order valence-corrected chi connectivity index (χ2v) is 7.45. The zero-order valence-corrected chi connectivity index (χ0v) is 17.1. The van der Waals surface area contributed by atoms with Gasteiger partial charge in [0.1, 0.15) is 15.5 Å². The predicted octanol–water partition coefficient (Wildman–Crippen LogP) is 3.35. The molecule has 158 valence electrons. The molecule has 0 radical (unpaired) electrons. The Morgan fingerprint density at radius 1 is 1.37 bits per heavy atom. The molecule has 0 fully saturated rings. The van der Waals surface area contributed by atoms with Gasteiger partial charge in [-0.3, -0.25) is 9.59 Å². The molecule has 0 aliphatic rings. The van der Waals surface area contributed by atoms with Gasteiger partial charge in [0.15, 0.2) is 6.61 Å². The molecule has 1 amide bonds. The maximum Gasteiger partial charge on any atom is 0.387 e. The quantitative estimate of drug-likeness (QED) is 0.570. The van der Waals surface area contributed by atoms with Gasteiger partial charge in [0.2, 0.25) is 0 Å². The number of carbonyl (C=O) groups is 2. The van der Waals surface area contributed by atoms with Crippen molar-refractivity contribution in [3.8, 4) is 5.75 Å². The van der Waals surface area contributed by atoms with Crippen LogP contribution in [0.25, 0.3) is 10.2 Å². The Morgan fingerprint density at radius 2 is 2.10 bits per heavy atom. The lowest BCUT2D eigenvalue weighted by Gasteiger charge is -2.10. The van der Waals surface area contributed by atoms with E-state index < -0.39 is 25.1 Å². The normalized spacial score (nSPS) is 11.0. The van der Waals surface area contributed by atoms with Gasteiger partial charge in [-0.15, -0.1) is 11.3 Å². The van der Waals surface area contributed by atoms with Crippen LogP contribution >= 0.6 is 22.9 Å². The molecule has 0 unspecified atom stereocenters. The number of rotatable bonds is 6. The number of anilines is 1. The number of amides is 1. The molecule has 2 heterocycles. The van der Waals surface area contributed by atoms with Gasteiger partial charge >= 0.3 is 12.6 Å². The van der Waals surface area contributed by atoms with Crippen LogP contribution in [0.15, 0.2) is 29.3 Å². The molecular weight excluding hydrogens is 444 g/mol. The second-order valence-electron chi connectivity index (χ2n) is 6.04. The number of hydrogen-bond acceptors (Lipinski definition) is 7. The van der Waals surface area contributed by atoms with E-state index in [-0.39, 0.29) is 26.9 Å². The van der Waals surface area contributed by atoms with Crippen molar-refractivity contribution >= 4 is 50.7 Å². The van der Waals surface area contributed by atoms with Crippen LogP contribution in [0.4, 0.5) is 14.5 Å². The molecule has 8 nitrogen and oxygen atoms in total. The fraction of sp³-hybridized carbons (Fsp3) is 0.222. The summed E-state index contributed by atoms with van der Waals surface area (Å²) in [6, 6.07) is 3.70. The van der Waals surface area contributed by atoms with E-state index >= 15 is 0 Å². The molecule has 1 aromatic carbocycles. The monoisotopic (exact) mass is 457 g/mol. The lowest BCUT2D eigenvalue weighted by Crippen LogP contribution is -2.21. The van der Waals surface area contributed by atoms with Gasteiger partial charge in [0.05, 0.1) is 16.7 Å². The SMILES string of the molecule is Cc1c(C(=O)OCC(=O)Nc2ccc(OC(F)F)c(Cl)c2)sc2ncn(C)c(=O)c12. The molecule has 0 aliphatic carbocycles. The van der Waals surface area contributed by atoms with Crippen molar-refractivity contribution in [2.75, 3.05) is 11.9 Å². The summed E-state index contributed by atoms with van der Waals surface area (Å²) >= 11 is 6.81. The number of benzene rings is 1. The van der Waals surface area contributed by atoms with E-state index in [2.05, 4.69) is 15.0 Å². The van der Waals surface area contributed by atoms with Crippen LogP contribution in [-0.2, 0) is 16.6 Å². The Morgan fingerprint density at radius 3 is 2.77 bits per heavy atom. The number of hydrogen-bond donors (Lipinski definition) is 1. The van der Waals surface area contributed by atoms with Gasteiger partial charge in [-0.05, 0) is 30.7 Å². The summed E-state index contributed by atoms with van der Waals surface area (Å²) in [6.45, 7) is -2.04. The third kappa shape index (κ3) is 4.57. The minimum absolute atomic E-state index is 0.125. The van der Waals surface area contributed by atoms with E-state index in [4.69, 9.17) is 16.3 Å². The van der Waals surface area contributed by atoms with Crippen LogP contribution in [-0.4, -0.2) is 34.6 Å². The smallest absolute Gasteiger partial charge is 0.387 e. The predicted molar refractivity (Wildman–Crippen MR) is 107 cm³/mol. The lowest BCUT2D eigenvalue weighted by atomic mass is 10.2. The van der Waals surface area contributed by atoms with Gasteiger partial charge in [0, 0.05) is 12.7 Å². The van der Waals surface area contributed by atoms with E-state index in [1.807, 2.05) is 0 Å². The van der Waals surface area contributed by atoms with E-state index in [9.17, 15) is 23.2 Å². The largest absolute Gasteiger partial charge is 0.451 e. The summed E-state index contributed by atoms with van der Waals surface area (Å²) in [6.07, 6.45) is 1.35. The number of fused-ring (bicyclic) bond motifs is 1. The van der Waals surface area contributed by atoms with Crippen molar-refractivity contribution in [1.29, 1.82) is 0 Å². The van der Waals surface area contributed by atoms with E-state index in [0.717, 1.165) is 11.3 Å². The molecular formula is C18H14ClF2N3O5S. The van der Waals surface area contributed by atoms with Crippen molar-refractivity contribution in [1.82, 2.24) is 9.55 Å². The van der Waals surface area contributed by atoms with Gasteiger partial charge < -0.3 is 19.4 Å². The average Bonchev–Trinajstić information content (AvgIpc) is 3.02. The highest BCUT2D eigenvalue weighted by molar-refractivity contribution is 7.20. The molecule has 0 saturated heterocycles. The number of esters is 1. The van der Waals surface area contributed by atoms with Crippen molar-refractivity contribution in [3.05, 3.63) is 50.3 Å². The van der Waals surface area contributed by atoms with Gasteiger partial charge in [-0.1, -0.05) is 11.6 Å². The second kappa shape index (κ2) is 8.76. The number of nitrogens with one attached hydrogen (secondary N) is 1. The van der Waals surface area contributed by atoms with E-state index in [1.165, 1.54) is 29.1 Å². The van der Waals surface area contributed by atoms with Crippen molar-refractivity contribution in [3.63, 3.8) is 0 Å². The molecule has 1 N–H and O–H groups in total. The summed E-state index contributed by atoms with van der Waals surface area (Å²) in [5, 5.41) is 2.62. The van der Waals surface area contributed by atoms with Crippen LogP contribution in [0.1, 0.15) is 15.2 Å². The molecule has 0 atom stereocenters. The fourth-order valence-electron chi connectivity index (χ4n) is 2.57. The van der Waals surface area contributed by atoms with Crippen LogP contribution in [0.3, 0.4) is 0 Å². The highest BCUT2D eigenvalue weighted by Gasteiger charge is 2.21. The summed E-state index contributed by atoms with van der Waals surface area (Å²) in [5.41, 5.74) is 0.339. The maximum absolute atomic E-state index is 12.4. The average molecular weight is 458 g/mol.